The molecule has 0 saturated heterocycles. The van der Waals surface area contributed by atoms with Crippen molar-refractivity contribution in [2.75, 3.05) is 0 Å². The summed E-state index contributed by atoms with van der Waals surface area (Å²) in [5, 5.41) is 17.2. The summed E-state index contributed by atoms with van der Waals surface area (Å²) < 4.78 is 36.9. The zero-order valence-corrected chi connectivity index (χ0v) is 13.1. The molecule has 132 valence electrons. The van der Waals surface area contributed by atoms with Crippen molar-refractivity contribution in [2.45, 2.75) is 46.5 Å². The van der Waals surface area contributed by atoms with Crippen LogP contribution in [0.1, 0.15) is 32.6 Å². The van der Waals surface area contributed by atoms with Gasteiger partial charge in [-0.2, -0.15) is 13.2 Å². The van der Waals surface area contributed by atoms with E-state index in [-0.39, 0.29) is 17.9 Å². The number of hydrogen-bond donors (Lipinski definition) is 3. The van der Waals surface area contributed by atoms with Crippen LogP contribution < -0.4 is 11.1 Å². The third-order valence-corrected chi connectivity index (χ3v) is 2.44. The smallest absolute Gasteiger partial charge is 0.475 e. The Morgan fingerprint density at radius 3 is 2.09 bits per heavy atom. The molecule has 1 aromatic heterocycles. The van der Waals surface area contributed by atoms with Crippen LogP contribution in [0.2, 0.25) is 0 Å². The molecule has 0 aromatic carbocycles. The largest absolute Gasteiger partial charge is 0.490 e. The molecule has 4 N–H and O–H groups in total. The van der Waals surface area contributed by atoms with Gasteiger partial charge in [0.05, 0.1) is 12.6 Å². The number of carboxylic acid groups (broad SMARTS) is 1. The molecular weight excluding hydrogens is 321 g/mol. The fourth-order valence-electron chi connectivity index (χ4n) is 1.07. The number of hydrogen-bond acceptors (Lipinski definition) is 6. The lowest BCUT2D eigenvalue weighted by Crippen LogP contribution is -2.48. The van der Waals surface area contributed by atoms with E-state index < -0.39 is 18.2 Å². The highest BCUT2D eigenvalue weighted by molar-refractivity contribution is 5.82. The number of aliphatic carboxylic acids is 1. The van der Waals surface area contributed by atoms with E-state index in [1.54, 1.807) is 6.92 Å². The predicted octanol–water partition coefficient (Wildman–Crippen LogP) is 1.00. The Morgan fingerprint density at radius 2 is 1.78 bits per heavy atom. The van der Waals surface area contributed by atoms with Crippen LogP contribution in [-0.4, -0.2) is 39.4 Å². The number of aromatic nitrogens is 2. The van der Waals surface area contributed by atoms with E-state index in [1.165, 1.54) is 0 Å². The second-order valence-electron chi connectivity index (χ2n) is 5.58. The second-order valence-corrected chi connectivity index (χ2v) is 5.58. The number of halogens is 3. The first-order valence-corrected chi connectivity index (χ1v) is 6.37. The molecule has 1 heterocycles. The van der Waals surface area contributed by atoms with E-state index in [9.17, 15) is 18.0 Å². The molecular formula is C12H19F3N4O4. The summed E-state index contributed by atoms with van der Waals surface area (Å²) in [6.07, 6.45) is -5.08. The number of nitrogens with zero attached hydrogens (tertiary/aromatic N) is 2. The standard InChI is InChI=1S/C10H18N4O2.C2HF3O2/c1-6-13-14-7(16-6)5-12-9(15)8(11)10(2,3)4;3-2(4,5)1(6)7/h8H,5,11H2,1-4H3,(H,12,15);(H,6,7)/t8-;/m1./s1. The highest BCUT2D eigenvalue weighted by Gasteiger charge is 2.38. The predicted molar refractivity (Wildman–Crippen MR) is 72.0 cm³/mol. The topological polar surface area (TPSA) is 131 Å². The van der Waals surface area contributed by atoms with Crippen LogP contribution in [0.5, 0.6) is 0 Å². The lowest BCUT2D eigenvalue weighted by molar-refractivity contribution is -0.192. The van der Waals surface area contributed by atoms with Gasteiger partial charge in [0.15, 0.2) is 0 Å². The maximum absolute atomic E-state index is 11.6. The van der Waals surface area contributed by atoms with Crippen LogP contribution in [0.15, 0.2) is 4.42 Å². The minimum Gasteiger partial charge on any atom is -0.475 e. The minimum absolute atomic E-state index is 0.212. The van der Waals surface area contributed by atoms with Crippen molar-refractivity contribution in [3.8, 4) is 0 Å². The van der Waals surface area contributed by atoms with Crippen LogP contribution in [0.25, 0.3) is 0 Å². The number of aryl methyl sites for hydroxylation is 1. The van der Waals surface area contributed by atoms with Gasteiger partial charge in [0.25, 0.3) is 0 Å². The van der Waals surface area contributed by atoms with Crippen LogP contribution in [0.3, 0.4) is 0 Å². The van der Waals surface area contributed by atoms with E-state index in [0.717, 1.165) is 0 Å². The molecule has 0 radical (unpaired) electrons. The summed E-state index contributed by atoms with van der Waals surface area (Å²) in [6.45, 7) is 7.64. The normalized spacial score (nSPS) is 12.9. The molecule has 8 nitrogen and oxygen atoms in total. The average Bonchev–Trinajstić information content (AvgIpc) is 2.79. The molecule has 0 aliphatic rings. The van der Waals surface area contributed by atoms with Crippen molar-refractivity contribution in [3.05, 3.63) is 11.8 Å². The van der Waals surface area contributed by atoms with Gasteiger partial charge in [-0.1, -0.05) is 20.8 Å². The molecule has 0 aliphatic heterocycles. The average molecular weight is 340 g/mol. The first kappa shape index (κ1) is 20.8. The maximum Gasteiger partial charge on any atom is 0.490 e. The summed E-state index contributed by atoms with van der Waals surface area (Å²) in [7, 11) is 0. The molecule has 0 fully saturated rings. The van der Waals surface area contributed by atoms with E-state index in [4.69, 9.17) is 20.1 Å². The van der Waals surface area contributed by atoms with Gasteiger partial charge in [0, 0.05) is 6.92 Å². The van der Waals surface area contributed by atoms with E-state index >= 15 is 0 Å². The Balaban J connectivity index is 0.000000585. The van der Waals surface area contributed by atoms with Crippen molar-refractivity contribution in [1.29, 1.82) is 0 Å². The number of carboxylic acids is 1. The fraction of sp³-hybridized carbons (Fsp3) is 0.667. The van der Waals surface area contributed by atoms with Crippen LogP contribution >= 0.6 is 0 Å². The number of nitrogens with two attached hydrogens (primary N) is 1. The van der Waals surface area contributed by atoms with Gasteiger partial charge in [0.2, 0.25) is 17.7 Å². The van der Waals surface area contributed by atoms with Gasteiger partial charge in [-0.05, 0) is 5.41 Å². The van der Waals surface area contributed by atoms with Crippen molar-refractivity contribution in [3.63, 3.8) is 0 Å². The molecule has 0 aliphatic carbocycles. The maximum atomic E-state index is 11.6. The van der Waals surface area contributed by atoms with Gasteiger partial charge in [0.1, 0.15) is 0 Å². The van der Waals surface area contributed by atoms with Crippen LogP contribution in [0.4, 0.5) is 13.2 Å². The summed E-state index contributed by atoms with van der Waals surface area (Å²) >= 11 is 0. The third kappa shape index (κ3) is 8.14. The summed E-state index contributed by atoms with van der Waals surface area (Å²) in [5.74, 6) is -2.12. The number of carbonyl (C=O) groups excluding carboxylic acids is 1. The Morgan fingerprint density at radius 1 is 1.30 bits per heavy atom. The Hall–Kier alpha value is -2.17. The second kappa shape index (κ2) is 7.90. The Kier molecular flexibility index (Phi) is 7.16. The van der Waals surface area contributed by atoms with Crippen LogP contribution in [0, 0.1) is 12.3 Å². The highest BCUT2D eigenvalue weighted by atomic mass is 19.4. The lowest BCUT2D eigenvalue weighted by atomic mass is 9.87. The molecule has 0 unspecified atom stereocenters. The fourth-order valence-corrected chi connectivity index (χ4v) is 1.07. The van der Waals surface area contributed by atoms with Gasteiger partial charge in [-0.15, -0.1) is 10.2 Å². The SMILES string of the molecule is Cc1nnc(CNC(=O)[C@@H](N)C(C)(C)C)o1.O=C(O)C(F)(F)F. The van der Waals surface area contributed by atoms with Crippen molar-refractivity contribution >= 4 is 11.9 Å². The van der Waals surface area contributed by atoms with E-state index in [0.29, 0.717) is 11.8 Å². The first-order chi connectivity index (χ1) is 10.2. The van der Waals surface area contributed by atoms with Crippen molar-refractivity contribution in [2.24, 2.45) is 11.1 Å². The Labute approximate surface area is 130 Å². The summed E-state index contributed by atoms with van der Waals surface area (Å²) in [6, 6.07) is -0.559. The number of rotatable bonds is 3. The number of carbonyl (C=O) groups is 2. The number of alkyl halides is 3. The first-order valence-electron chi connectivity index (χ1n) is 6.37. The number of nitrogens with one attached hydrogen (secondary N) is 1. The van der Waals surface area contributed by atoms with Gasteiger partial charge >= 0.3 is 12.1 Å². The molecule has 0 spiro atoms. The molecule has 23 heavy (non-hydrogen) atoms. The Bertz CT molecular complexity index is 537. The van der Waals surface area contributed by atoms with E-state index in [2.05, 4.69) is 15.5 Å². The van der Waals surface area contributed by atoms with Gasteiger partial charge in [-0.3, -0.25) is 4.79 Å². The molecule has 0 saturated carbocycles. The zero-order chi connectivity index (χ0) is 18.4. The lowest BCUT2D eigenvalue weighted by Gasteiger charge is -2.25. The minimum atomic E-state index is -5.08. The summed E-state index contributed by atoms with van der Waals surface area (Å²) in [5.41, 5.74) is 5.52. The molecule has 1 amide bonds. The molecule has 1 atom stereocenters. The van der Waals surface area contributed by atoms with Crippen molar-refractivity contribution < 1.29 is 32.3 Å². The van der Waals surface area contributed by atoms with Crippen molar-refractivity contribution in [1.82, 2.24) is 15.5 Å². The molecule has 0 bridgehead atoms. The van der Waals surface area contributed by atoms with Gasteiger partial charge in [-0.25, -0.2) is 4.79 Å². The third-order valence-electron chi connectivity index (χ3n) is 2.44. The van der Waals surface area contributed by atoms with Crippen LogP contribution in [-0.2, 0) is 16.1 Å². The molecule has 11 heteroatoms. The quantitative estimate of drug-likeness (QED) is 0.748. The highest BCUT2D eigenvalue weighted by Crippen LogP contribution is 2.17. The van der Waals surface area contributed by atoms with Gasteiger partial charge < -0.3 is 20.6 Å². The van der Waals surface area contributed by atoms with E-state index in [1.807, 2.05) is 20.8 Å². The monoisotopic (exact) mass is 340 g/mol. The zero-order valence-electron chi connectivity index (χ0n) is 13.1. The summed E-state index contributed by atoms with van der Waals surface area (Å²) in [4.78, 5) is 20.5. The molecule has 1 aromatic rings. The molecule has 1 rings (SSSR count). The number of amides is 1.